The number of pyridine rings is 2. The molecule has 27 nitrogen and oxygen atoms in total. The van der Waals surface area contributed by atoms with Crippen LogP contribution in [0.3, 0.4) is 0 Å². The van der Waals surface area contributed by atoms with E-state index >= 15 is 0 Å². The lowest BCUT2D eigenvalue weighted by atomic mass is 9.82. The molecule has 4 aromatic carbocycles. The molecule has 0 spiro atoms. The van der Waals surface area contributed by atoms with Crippen LogP contribution in [0, 0.1) is 0 Å². The van der Waals surface area contributed by atoms with Gasteiger partial charge in [0.15, 0.2) is 28.6 Å². The number of allylic oxidation sites excluding steroid dienone is 3. The molecule has 0 amide bonds. The van der Waals surface area contributed by atoms with Crippen molar-refractivity contribution in [3.05, 3.63) is 253 Å². The van der Waals surface area contributed by atoms with Gasteiger partial charge in [-0.05, 0) is 178 Å². The predicted octanol–water partition coefficient (Wildman–Crippen LogP) is 10.4. The topological polar surface area (TPSA) is 270 Å². The Labute approximate surface area is 633 Å². The summed E-state index contributed by atoms with van der Waals surface area (Å²) < 4.78 is 35.0. The fraction of sp³-hybridized carbons (Fsp3) is 0.321. The molecule has 564 valence electrons. The first kappa shape index (κ1) is 75.8. The van der Waals surface area contributed by atoms with Gasteiger partial charge < -0.3 is 35.6 Å². The molecule has 0 saturated heterocycles. The number of sulfonamides is 1. The molecule has 0 fully saturated rings. The standard InChI is InChI=1S/C29H34N6O.C26H30N8O3S.C26H30N8O/c1-6-14-34-27(36)25-18-30-28(31-23-12-11-20-13-15-33(5)19-21(20)16-23)32-26(25)35(34)24-10-8-9-22(17-24)29(3,4)7-2;1-5-12-33-25(35)22-15-27-26(29-20-10-9-18-11-13-31(2)16-19(18)14-20)30-24(22)34(33)23-8-6-7-21(28-23)17-32(3)38(4,36)37;1-5-12-33-25(35)22-15-27-26(29-20-10-9-18-11-13-32(4)16-19(18)14-20)30-24(22)34(33)23-8-6-7-21(28-23)17-31(2)3/h6,8-12,16-18H,1,7,13-15,19H2,2-5H3,(H,30,31,32);5-10,14-15H,1,11-13,16-17H2,2-4H3,(H,27,29,30);5-10,14-15H,1,11-13,16-17H2,2-4H3,(H,27,29,30). The number of hydrogen-bond donors (Lipinski definition) is 3. The van der Waals surface area contributed by atoms with E-state index in [1.807, 2.05) is 55.2 Å². The van der Waals surface area contributed by atoms with E-state index < -0.39 is 10.0 Å². The maximum atomic E-state index is 13.3. The number of anilines is 6. The fourth-order valence-electron chi connectivity index (χ4n) is 13.8. The lowest BCUT2D eigenvalue weighted by molar-refractivity contribution is 0.313. The summed E-state index contributed by atoms with van der Waals surface area (Å²) in [7, 11) is 8.49. The Morgan fingerprint density at radius 3 is 1.24 bits per heavy atom. The minimum Gasteiger partial charge on any atom is -0.324 e. The van der Waals surface area contributed by atoms with E-state index in [0.29, 0.717) is 87.9 Å². The molecule has 0 radical (unpaired) electrons. The highest BCUT2D eigenvalue weighted by atomic mass is 32.2. The summed E-state index contributed by atoms with van der Waals surface area (Å²) in [4.78, 5) is 85.8. The highest BCUT2D eigenvalue weighted by Crippen LogP contribution is 2.32. The van der Waals surface area contributed by atoms with Gasteiger partial charge in [0.05, 0.1) is 49.5 Å². The van der Waals surface area contributed by atoms with Gasteiger partial charge in [0.2, 0.25) is 27.9 Å². The zero-order valence-corrected chi connectivity index (χ0v) is 64.4. The molecule has 3 aliphatic heterocycles. The lowest BCUT2D eigenvalue weighted by Gasteiger charge is -2.25. The van der Waals surface area contributed by atoms with Crippen LogP contribution in [0.4, 0.5) is 34.9 Å². The van der Waals surface area contributed by atoms with Crippen LogP contribution < -0.4 is 32.6 Å². The van der Waals surface area contributed by atoms with Crippen LogP contribution in [0.15, 0.2) is 186 Å². The van der Waals surface area contributed by atoms with Crippen LogP contribution in [-0.4, -0.2) is 168 Å². The van der Waals surface area contributed by atoms with E-state index in [0.717, 1.165) is 99.7 Å². The molecule has 28 heteroatoms. The van der Waals surface area contributed by atoms with Crippen LogP contribution in [0.5, 0.6) is 0 Å². The number of rotatable bonds is 22. The van der Waals surface area contributed by atoms with E-state index in [2.05, 4.69) is 178 Å². The van der Waals surface area contributed by atoms with Gasteiger partial charge in [0.25, 0.3) is 16.7 Å². The second kappa shape index (κ2) is 32.2. The SMILES string of the molecule is C=CCn1c(=O)c2cnc(Nc3ccc4c(c3)CN(C)CC4)nc2n1-c1cccc(C(C)(C)CC)c1.C=CCn1c(=O)c2cnc(Nc3ccc4c(c3)CN(C)CC4)nc2n1-c1cccc(CN(C)C)n1.C=CCn1c(=O)c2cnc(Nc3ccc4c(c3)CN(C)CC4)nc2n1-c1cccc(CN(C)S(C)(=O)=O)n1. The maximum absolute atomic E-state index is 13.3. The number of nitrogens with zero attached hydrogens (tertiary/aromatic N) is 19. The molecule has 12 aromatic rings. The van der Waals surface area contributed by atoms with Crippen LogP contribution in [-0.2, 0) is 87.1 Å². The molecule has 0 atom stereocenters. The number of likely N-dealkylation sites (N-methyl/N-ethyl adjacent to an activating group) is 3. The quantitative estimate of drug-likeness (QED) is 0.0532. The molecular weight excluding hydrogens is 1390 g/mol. The highest BCUT2D eigenvalue weighted by molar-refractivity contribution is 7.88. The Kier molecular flexibility index (Phi) is 22.4. The third kappa shape index (κ3) is 16.7. The van der Waals surface area contributed by atoms with E-state index in [-0.39, 0.29) is 35.2 Å². The lowest BCUT2D eigenvalue weighted by Crippen LogP contribution is -2.26. The van der Waals surface area contributed by atoms with Gasteiger partial charge in [-0.1, -0.05) is 81.5 Å². The summed E-state index contributed by atoms with van der Waals surface area (Å²) in [6.45, 7) is 25.7. The molecule has 109 heavy (non-hydrogen) atoms. The van der Waals surface area contributed by atoms with Gasteiger partial charge >= 0.3 is 0 Å². The average Bonchev–Trinajstić information content (AvgIpc) is 1.62. The van der Waals surface area contributed by atoms with Crippen molar-refractivity contribution in [2.24, 2.45) is 0 Å². The van der Waals surface area contributed by atoms with E-state index in [4.69, 9.17) is 19.9 Å². The fourth-order valence-corrected chi connectivity index (χ4v) is 14.2. The van der Waals surface area contributed by atoms with Gasteiger partial charge in [-0.25, -0.2) is 61.4 Å². The predicted molar refractivity (Wildman–Crippen MR) is 432 cm³/mol. The van der Waals surface area contributed by atoms with Crippen LogP contribution in [0.1, 0.15) is 77.5 Å². The van der Waals surface area contributed by atoms with Crippen molar-refractivity contribution in [1.29, 1.82) is 0 Å². The van der Waals surface area contributed by atoms with E-state index in [1.165, 1.54) is 61.2 Å². The van der Waals surface area contributed by atoms with Crippen molar-refractivity contribution in [2.75, 3.05) is 84.1 Å². The Hall–Kier alpha value is -11.4. The van der Waals surface area contributed by atoms with Crippen molar-refractivity contribution >= 4 is 78.0 Å². The molecule has 8 aromatic heterocycles. The van der Waals surface area contributed by atoms with Gasteiger partial charge in [-0.3, -0.25) is 14.4 Å². The highest BCUT2D eigenvalue weighted by Gasteiger charge is 2.26. The Balaban J connectivity index is 0.000000144. The zero-order chi connectivity index (χ0) is 77.0. The molecule has 0 unspecified atom stereocenters. The minimum atomic E-state index is -3.38. The summed E-state index contributed by atoms with van der Waals surface area (Å²) in [5.74, 6) is 2.29. The van der Waals surface area contributed by atoms with Crippen molar-refractivity contribution in [2.45, 2.75) is 104 Å². The van der Waals surface area contributed by atoms with Crippen molar-refractivity contribution in [3.63, 3.8) is 0 Å². The number of benzene rings is 4. The second-order valence-electron chi connectivity index (χ2n) is 29.1. The normalized spacial score (nSPS) is 14.0. The van der Waals surface area contributed by atoms with Crippen molar-refractivity contribution in [3.8, 4) is 17.3 Å². The van der Waals surface area contributed by atoms with Crippen molar-refractivity contribution < 1.29 is 8.42 Å². The Morgan fingerprint density at radius 2 is 0.862 bits per heavy atom. The summed E-state index contributed by atoms with van der Waals surface area (Å²) in [5, 5.41) is 11.2. The first-order valence-corrected chi connectivity index (χ1v) is 38.3. The third-order valence-electron chi connectivity index (χ3n) is 20.1. The molecule has 15 rings (SSSR count). The molecule has 0 saturated carbocycles. The second-order valence-corrected chi connectivity index (χ2v) is 31.2. The smallest absolute Gasteiger partial charge is 0.278 e. The zero-order valence-electron chi connectivity index (χ0n) is 63.6. The Morgan fingerprint density at radius 1 is 0.486 bits per heavy atom. The van der Waals surface area contributed by atoms with Gasteiger partial charge in [-0.2, -0.15) is 19.3 Å². The third-order valence-corrected chi connectivity index (χ3v) is 21.4. The number of nitrogens with one attached hydrogen (secondary N) is 3. The summed E-state index contributed by atoms with van der Waals surface area (Å²) in [5.41, 5.74) is 15.2. The summed E-state index contributed by atoms with van der Waals surface area (Å²) >= 11 is 0. The molecule has 11 heterocycles. The molecule has 0 aliphatic carbocycles. The maximum Gasteiger partial charge on any atom is 0.278 e. The number of aromatic nitrogens is 14. The largest absolute Gasteiger partial charge is 0.324 e. The molecule has 3 N–H and O–H groups in total. The van der Waals surface area contributed by atoms with Crippen molar-refractivity contribution in [1.82, 2.24) is 91.9 Å². The first-order valence-electron chi connectivity index (χ1n) is 36.5. The van der Waals surface area contributed by atoms with E-state index in [1.54, 1.807) is 67.5 Å². The first-order chi connectivity index (χ1) is 52.4. The van der Waals surface area contributed by atoms with Gasteiger partial charge in [0, 0.05) is 88.5 Å². The number of hydrogen-bond acceptors (Lipinski definition) is 20. The van der Waals surface area contributed by atoms with Crippen LogP contribution >= 0.6 is 0 Å². The van der Waals surface area contributed by atoms with E-state index in [9.17, 15) is 22.8 Å². The summed E-state index contributed by atoms with van der Waals surface area (Å²) in [6.07, 6.45) is 15.0. The molecular formula is C81H94N22O5S. The van der Waals surface area contributed by atoms with Gasteiger partial charge in [0.1, 0.15) is 16.2 Å². The van der Waals surface area contributed by atoms with Gasteiger partial charge in [-0.15, -0.1) is 19.7 Å². The molecule has 3 aliphatic rings. The Bertz CT molecular complexity index is 5750. The minimum absolute atomic E-state index is 0.0186. The number of fused-ring (bicyclic) bond motifs is 6. The molecule has 0 bridgehead atoms. The average molecular weight is 1490 g/mol. The summed E-state index contributed by atoms with van der Waals surface area (Å²) in [6, 6.07) is 38.5. The van der Waals surface area contributed by atoms with Crippen LogP contribution in [0.25, 0.3) is 50.4 Å². The monoisotopic (exact) mass is 1490 g/mol. The van der Waals surface area contributed by atoms with Crippen LogP contribution in [0.2, 0.25) is 0 Å².